The largest absolute Gasteiger partial charge is 0.300 e. The van der Waals surface area contributed by atoms with Crippen molar-refractivity contribution in [2.45, 2.75) is 65.2 Å². The molecule has 2 nitrogen and oxygen atoms in total. The van der Waals surface area contributed by atoms with Gasteiger partial charge in [0.1, 0.15) is 5.78 Å². The monoisotopic (exact) mass is 224 g/mol. The fourth-order valence-corrected chi connectivity index (χ4v) is 1.56. The molecule has 0 saturated carbocycles. The average molecular weight is 224 g/mol. The van der Waals surface area contributed by atoms with Gasteiger partial charge < -0.3 is 0 Å². The van der Waals surface area contributed by atoms with Gasteiger partial charge >= 0.3 is 0 Å². The van der Waals surface area contributed by atoms with Gasteiger partial charge in [-0.3, -0.25) is 9.59 Å². The highest BCUT2D eigenvalue weighted by molar-refractivity contribution is 6.03. The van der Waals surface area contributed by atoms with Gasteiger partial charge in [-0.2, -0.15) is 0 Å². The van der Waals surface area contributed by atoms with Gasteiger partial charge in [0, 0.05) is 0 Å². The molecule has 0 aliphatic heterocycles. The summed E-state index contributed by atoms with van der Waals surface area (Å²) in [5.41, 5.74) is 0. The first kappa shape index (κ1) is 15.1. The van der Waals surface area contributed by atoms with Gasteiger partial charge in [-0.25, -0.2) is 0 Å². The zero-order valence-electron chi connectivity index (χ0n) is 10.6. The van der Waals surface area contributed by atoms with Crippen LogP contribution in [0.2, 0.25) is 0 Å². The first-order valence-corrected chi connectivity index (χ1v) is 6.35. The summed E-state index contributed by atoms with van der Waals surface area (Å²) in [5.74, 6) is -0.132. The van der Waals surface area contributed by atoms with Crippen LogP contribution in [0.25, 0.3) is 0 Å². The summed E-state index contributed by atoms with van der Waals surface area (Å²) in [6, 6.07) is 0. The smallest absolute Gasteiger partial charge is 0.162 e. The van der Waals surface area contributed by atoms with Crippen molar-refractivity contribution in [3.05, 3.63) is 12.2 Å². The molecule has 0 aromatic heterocycles. The predicted octanol–water partition coefficient (Wildman–Crippen LogP) is 3.84. The molecule has 0 aliphatic carbocycles. The van der Waals surface area contributed by atoms with Crippen molar-refractivity contribution in [2.24, 2.45) is 0 Å². The van der Waals surface area contributed by atoms with Gasteiger partial charge in [0.2, 0.25) is 0 Å². The molecular formula is C14H24O2. The first-order chi connectivity index (χ1) is 7.66. The van der Waals surface area contributed by atoms with E-state index in [-0.39, 0.29) is 18.0 Å². The van der Waals surface area contributed by atoms with E-state index in [0.717, 1.165) is 12.8 Å². The van der Waals surface area contributed by atoms with Crippen LogP contribution in [0.3, 0.4) is 0 Å². The van der Waals surface area contributed by atoms with Crippen LogP contribution in [0.1, 0.15) is 65.2 Å². The van der Waals surface area contributed by atoms with E-state index in [9.17, 15) is 9.59 Å². The fraction of sp³-hybridized carbons (Fsp3) is 0.714. The third kappa shape index (κ3) is 11.2. The van der Waals surface area contributed by atoms with Crippen molar-refractivity contribution in [2.75, 3.05) is 0 Å². The molecule has 92 valence electrons. The zero-order valence-corrected chi connectivity index (χ0v) is 10.6. The van der Waals surface area contributed by atoms with Gasteiger partial charge in [-0.1, -0.05) is 45.1 Å². The molecule has 0 rings (SSSR count). The molecule has 0 N–H and O–H groups in total. The van der Waals surface area contributed by atoms with Crippen molar-refractivity contribution in [1.82, 2.24) is 0 Å². The van der Waals surface area contributed by atoms with E-state index in [0.29, 0.717) is 0 Å². The van der Waals surface area contributed by atoms with Crippen LogP contribution in [0.4, 0.5) is 0 Å². The van der Waals surface area contributed by atoms with E-state index < -0.39 is 0 Å². The maximum Gasteiger partial charge on any atom is 0.162 e. The molecule has 0 radical (unpaired) electrons. The molecule has 0 aromatic rings. The van der Waals surface area contributed by atoms with Crippen LogP contribution in [-0.2, 0) is 9.59 Å². The molecule has 0 aromatic carbocycles. The highest BCUT2D eigenvalue weighted by Crippen LogP contribution is 2.07. The Kier molecular flexibility index (Phi) is 9.98. The molecule has 0 unspecified atom stereocenters. The minimum Gasteiger partial charge on any atom is -0.300 e. The van der Waals surface area contributed by atoms with E-state index in [1.54, 1.807) is 6.08 Å². The molecule has 0 amide bonds. The maximum atomic E-state index is 11.1. The van der Waals surface area contributed by atoms with E-state index in [4.69, 9.17) is 0 Å². The molecule has 0 spiro atoms. The van der Waals surface area contributed by atoms with Crippen LogP contribution in [0, 0.1) is 0 Å². The summed E-state index contributed by atoms with van der Waals surface area (Å²) >= 11 is 0. The number of ketones is 2. The number of carbonyl (C=O) groups is 2. The lowest BCUT2D eigenvalue weighted by atomic mass is 10.1. The standard InChI is InChI=1S/C14H24O2/c1-3-4-5-6-7-8-9-10-11-14(16)12-13(2)15/h10-11H,3-9,12H2,1-2H3. The van der Waals surface area contributed by atoms with Crippen LogP contribution >= 0.6 is 0 Å². The minimum atomic E-state index is -0.0708. The Hall–Kier alpha value is -0.920. The number of carbonyl (C=O) groups excluding carboxylic acids is 2. The highest BCUT2D eigenvalue weighted by atomic mass is 16.1. The Morgan fingerprint density at radius 1 is 1.00 bits per heavy atom. The summed E-state index contributed by atoms with van der Waals surface area (Å²) in [6.07, 6.45) is 12.1. The third-order valence-corrected chi connectivity index (χ3v) is 2.45. The molecular weight excluding hydrogens is 200 g/mol. The number of rotatable bonds is 10. The second kappa shape index (κ2) is 10.6. The number of hydrogen-bond donors (Lipinski definition) is 0. The molecule has 2 heteroatoms. The molecule has 0 saturated heterocycles. The van der Waals surface area contributed by atoms with E-state index in [1.807, 2.05) is 6.08 Å². The van der Waals surface area contributed by atoms with Crippen LogP contribution in [0.15, 0.2) is 12.2 Å². The molecule has 0 atom stereocenters. The first-order valence-electron chi connectivity index (χ1n) is 6.35. The Morgan fingerprint density at radius 3 is 2.25 bits per heavy atom. The van der Waals surface area contributed by atoms with E-state index >= 15 is 0 Å². The Bertz CT molecular complexity index is 229. The van der Waals surface area contributed by atoms with Gasteiger partial charge in [0.15, 0.2) is 5.78 Å². The normalized spacial score (nSPS) is 10.9. The zero-order chi connectivity index (χ0) is 12.2. The molecule has 0 fully saturated rings. The summed E-state index contributed by atoms with van der Waals surface area (Å²) in [5, 5.41) is 0. The van der Waals surface area contributed by atoms with Crippen LogP contribution in [0.5, 0.6) is 0 Å². The van der Waals surface area contributed by atoms with Crippen molar-refractivity contribution in [3.8, 4) is 0 Å². The molecule has 16 heavy (non-hydrogen) atoms. The lowest BCUT2D eigenvalue weighted by molar-refractivity contribution is -0.123. The highest BCUT2D eigenvalue weighted by Gasteiger charge is 1.99. The van der Waals surface area contributed by atoms with E-state index in [1.165, 1.54) is 39.0 Å². The third-order valence-electron chi connectivity index (χ3n) is 2.45. The quantitative estimate of drug-likeness (QED) is 0.321. The summed E-state index contributed by atoms with van der Waals surface area (Å²) in [7, 11) is 0. The summed E-state index contributed by atoms with van der Waals surface area (Å²) in [4.78, 5) is 21.8. The predicted molar refractivity (Wildman–Crippen MR) is 67.4 cm³/mol. The van der Waals surface area contributed by atoms with Crippen LogP contribution in [-0.4, -0.2) is 11.6 Å². The van der Waals surface area contributed by atoms with Crippen molar-refractivity contribution < 1.29 is 9.59 Å². The maximum absolute atomic E-state index is 11.1. The number of allylic oxidation sites excluding steroid dienone is 2. The average Bonchev–Trinajstić information content (AvgIpc) is 2.21. The number of unbranched alkanes of at least 4 members (excludes halogenated alkanes) is 6. The second-order valence-corrected chi connectivity index (χ2v) is 4.30. The molecule has 0 bridgehead atoms. The Morgan fingerprint density at radius 2 is 1.62 bits per heavy atom. The van der Waals surface area contributed by atoms with Gasteiger partial charge in [-0.05, 0) is 25.8 Å². The lowest BCUT2D eigenvalue weighted by Crippen LogP contribution is -1.99. The van der Waals surface area contributed by atoms with Gasteiger partial charge in [-0.15, -0.1) is 0 Å². The summed E-state index contributed by atoms with van der Waals surface area (Å²) in [6.45, 7) is 3.66. The lowest BCUT2D eigenvalue weighted by Gasteiger charge is -1.97. The van der Waals surface area contributed by atoms with Crippen molar-refractivity contribution in [1.29, 1.82) is 0 Å². The topological polar surface area (TPSA) is 34.1 Å². The number of Topliss-reactive ketones (excluding diaryl/α,β-unsaturated/α-hetero) is 1. The van der Waals surface area contributed by atoms with E-state index in [2.05, 4.69) is 6.92 Å². The van der Waals surface area contributed by atoms with Gasteiger partial charge in [0.25, 0.3) is 0 Å². The van der Waals surface area contributed by atoms with Gasteiger partial charge in [0.05, 0.1) is 6.42 Å². The van der Waals surface area contributed by atoms with Crippen LogP contribution < -0.4 is 0 Å². The molecule has 0 heterocycles. The molecule has 0 aliphatic rings. The van der Waals surface area contributed by atoms with Crippen molar-refractivity contribution in [3.63, 3.8) is 0 Å². The SMILES string of the molecule is CCCCCCCCC=CC(=O)CC(C)=O. The Balaban J connectivity index is 3.33. The summed E-state index contributed by atoms with van der Waals surface area (Å²) < 4.78 is 0. The minimum absolute atomic E-state index is 0.0486. The second-order valence-electron chi connectivity index (χ2n) is 4.30. The van der Waals surface area contributed by atoms with Crippen molar-refractivity contribution >= 4 is 11.6 Å². The number of hydrogen-bond acceptors (Lipinski definition) is 2. The Labute approximate surface area is 99.1 Å². The fourth-order valence-electron chi connectivity index (χ4n) is 1.56.